The highest BCUT2D eigenvalue weighted by molar-refractivity contribution is 5.71. The van der Waals surface area contributed by atoms with Gasteiger partial charge in [-0.3, -0.25) is 14.0 Å². The quantitative estimate of drug-likeness (QED) is 0.475. The van der Waals surface area contributed by atoms with E-state index in [1.165, 1.54) is 11.5 Å². The standard InChI is InChI=1S/C22H18N4O5/c1-30-18(27)13-16(19-20(28)25-17-8-2-3-11-26(17)21(19)29)14-6-4-7-15(12-14)31-22-23-9-5-10-24-22/h2-12,16,28H,13H2,1H3. The largest absolute Gasteiger partial charge is 0.493 e. The molecule has 1 unspecified atom stereocenters. The Morgan fingerprint density at radius 2 is 1.94 bits per heavy atom. The van der Waals surface area contributed by atoms with Gasteiger partial charge in [0, 0.05) is 24.5 Å². The van der Waals surface area contributed by atoms with Crippen LogP contribution in [-0.2, 0) is 9.53 Å². The van der Waals surface area contributed by atoms with E-state index in [-0.39, 0.29) is 18.0 Å². The maximum Gasteiger partial charge on any atom is 0.321 e. The molecule has 0 spiro atoms. The topological polar surface area (TPSA) is 116 Å². The highest BCUT2D eigenvalue weighted by Gasteiger charge is 2.27. The number of rotatable bonds is 6. The molecular formula is C22H18N4O5. The maximum atomic E-state index is 13.2. The Hall–Kier alpha value is -4.27. The predicted molar refractivity (Wildman–Crippen MR) is 110 cm³/mol. The third-order valence-corrected chi connectivity index (χ3v) is 4.71. The molecule has 0 saturated carbocycles. The first-order valence-electron chi connectivity index (χ1n) is 9.38. The Morgan fingerprint density at radius 3 is 2.71 bits per heavy atom. The first-order chi connectivity index (χ1) is 15.1. The van der Waals surface area contributed by atoms with E-state index in [1.54, 1.807) is 67.1 Å². The number of pyridine rings is 1. The van der Waals surface area contributed by atoms with Crippen molar-refractivity contribution < 1.29 is 19.4 Å². The van der Waals surface area contributed by atoms with Crippen LogP contribution < -0.4 is 10.3 Å². The molecule has 1 aromatic carbocycles. The van der Waals surface area contributed by atoms with E-state index in [0.717, 1.165) is 0 Å². The normalized spacial score (nSPS) is 11.8. The second-order valence-corrected chi connectivity index (χ2v) is 6.62. The smallest absolute Gasteiger partial charge is 0.321 e. The van der Waals surface area contributed by atoms with Gasteiger partial charge in [-0.25, -0.2) is 9.97 Å². The number of methoxy groups -OCH3 is 1. The fourth-order valence-corrected chi connectivity index (χ4v) is 3.27. The minimum Gasteiger partial charge on any atom is -0.493 e. The molecule has 156 valence electrons. The number of hydrogen-bond acceptors (Lipinski definition) is 8. The summed E-state index contributed by atoms with van der Waals surface area (Å²) in [5.41, 5.74) is 0.365. The highest BCUT2D eigenvalue weighted by Crippen LogP contribution is 2.33. The van der Waals surface area contributed by atoms with Gasteiger partial charge in [0.05, 0.1) is 19.1 Å². The van der Waals surface area contributed by atoms with E-state index in [0.29, 0.717) is 17.0 Å². The zero-order chi connectivity index (χ0) is 21.8. The monoisotopic (exact) mass is 418 g/mol. The molecule has 9 heteroatoms. The Kier molecular flexibility index (Phi) is 5.57. The Bertz CT molecular complexity index is 1290. The van der Waals surface area contributed by atoms with E-state index in [9.17, 15) is 14.7 Å². The molecule has 0 aliphatic heterocycles. The fourth-order valence-electron chi connectivity index (χ4n) is 3.27. The highest BCUT2D eigenvalue weighted by atomic mass is 16.5. The molecule has 1 N–H and O–H groups in total. The molecule has 1 atom stereocenters. The summed E-state index contributed by atoms with van der Waals surface area (Å²) in [5, 5.41) is 10.6. The number of fused-ring (bicyclic) bond motifs is 1. The lowest BCUT2D eigenvalue weighted by Crippen LogP contribution is -2.24. The summed E-state index contributed by atoms with van der Waals surface area (Å²) in [4.78, 5) is 37.5. The summed E-state index contributed by atoms with van der Waals surface area (Å²) in [6.45, 7) is 0. The summed E-state index contributed by atoms with van der Waals surface area (Å²) in [5.74, 6) is -1.39. The minimum absolute atomic E-state index is 0.0118. The van der Waals surface area contributed by atoms with E-state index >= 15 is 0 Å². The first-order valence-corrected chi connectivity index (χ1v) is 9.38. The summed E-state index contributed by atoms with van der Waals surface area (Å²) in [7, 11) is 1.26. The fraction of sp³-hybridized carbons (Fsp3) is 0.136. The molecule has 0 aliphatic rings. The number of carbonyl (C=O) groups excluding carboxylic acids is 1. The van der Waals surface area contributed by atoms with Crippen LogP contribution >= 0.6 is 0 Å². The van der Waals surface area contributed by atoms with Gasteiger partial charge in [0.2, 0.25) is 5.88 Å². The van der Waals surface area contributed by atoms with Crippen LogP contribution in [0.25, 0.3) is 5.65 Å². The number of aromatic hydroxyl groups is 1. The van der Waals surface area contributed by atoms with Gasteiger partial charge >= 0.3 is 12.0 Å². The van der Waals surface area contributed by atoms with Gasteiger partial charge in [0.15, 0.2) is 0 Å². The van der Waals surface area contributed by atoms with Crippen molar-refractivity contribution in [2.45, 2.75) is 12.3 Å². The Labute approximate surface area is 176 Å². The van der Waals surface area contributed by atoms with Crippen LogP contribution in [0.1, 0.15) is 23.5 Å². The van der Waals surface area contributed by atoms with Crippen molar-refractivity contribution in [1.29, 1.82) is 0 Å². The van der Waals surface area contributed by atoms with Crippen LogP contribution in [0.5, 0.6) is 17.6 Å². The van der Waals surface area contributed by atoms with Crippen molar-refractivity contribution in [1.82, 2.24) is 19.4 Å². The van der Waals surface area contributed by atoms with Crippen LogP contribution in [0, 0.1) is 0 Å². The van der Waals surface area contributed by atoms with Crippen molar-refractivity contribution in [3.63, 3.8) is 0 Å². The van der Waals surface area contributed by atoms with Crippen molar-refractivity contribution in [3.8, 4) is 17.6 Å². The van der Waals surface area contributed by atoms with Crippen LogP contribution in [-0.4, -0.2) is 37.5 Å². The lowest BCUT2D eigenvalue weighted by Gasteiger charge is -2.18. The number of carbonyl (C=O) groups is 1. The number of aromatic nitrogens is 4. The molecule has 0 bridgehead atoms. The van der Waals surface area contributed by atoms with Crippen molar-refractivity contribution in [3.05, 3.63) is 88.6 Å². The maximum absolute atomic E-state index is 13.2. The van der Waals surface area contributed by atoms with Crippen LogP contribution in [0.3, 0.4) is 0 Å². The van der Waals surface area contributed by atoms with Gasteiger partial charge in [0.25, 0.3) is 5.56 Å². The molecule has 0 radical (unpaired) electrons. The molecule has 3 aromatic heterocycles. The van der Waals surface area contributed by atoms with Crippen LogP contribution in [0.15, 0.2) is 71.9 Å². The average Bonchev–Trinajstić information content (AvgIpc) is 2.79. The van der Waals surface area contributed by atoms with Gasteiger partial charge < -0.3 is 14.6 Å². The summed E-state index contributed by atoms with van der Waals surface area (Å²) < 4.78 is 11.8. The molecule has 9 nitrogen and oxygen atoms in total. The summed E-state index contributed by atoms with van der Waals surface area (Å²) in [6.07, 6.45) is 4.47. The zero-order valence-corrected chi connectivity index (χ0v) is 16.5. The van der Waals surface area contributed by atoms with Gasteiger partial charge in [-0.15, -0.1) is 0 Å². The van der Waals surface area contributed by atoms with Crippen molar-refractivity contribution in [2.24, 2.45) is 0 Å². The number of benzene rings is 1. The number of nitrogens with zero attached hydrogens (tertiary/aromatic N) is 4. The molecule has 4 aromatic rings. The SMILES string of the molecule is COC(=O)CC(c1cccc(Oc2ncccn2)c1)c1c(O)nc2ccccn2c1=O. The minimum atomic E-state index is -0.815. The molecule has 0 fully saturated rings. The van der Waals surface area contributed by atoms with Gasteiger partial charge in [-0.1, -0.05) is 18.2 Å². The molecule has 0 amide bonds. The van der Waals surface area contributed by atoms with Crippen LogP contribution in [0.2, 0.25) is 0 Å². The second-order valence-electron chi connectivity index (χ2n) is 6.62. The Balaban J connectivity index is 1.82. The zero-order valence-electron chi connectivity index (χ0n) is 16.5. The summed E-state index contributed by atoms with van der Waals surface area (Å²) >= 11 is 0. The van der Waals surface area contributed by atoms with E-state index in [4.69, 9.17) is 9.47 Å². The van der Waals surface area contributed by atoms with E-state index in [2.05, 4.69) is 15.0 Å². The molecule has 31 heavy (non-hydrogen) atoms. The number of hydrogen-bond donors (Lipinski definition) is 1. The molecule has 4 rings (SSSR count). The summed E-state index contributed by atoms with van der Waals surface area (Å²) in [6, 6.07) is 13.6. The van der Waals surface area contributed by atoms with E-state index < -0.39 is 23.3 Å². The number of esters is 1. The van der Waals surface area contributed by atoms with E-state index in [1.807, 2.05) is 0 Å². The van der Waals surface area contributed by atoms with Crippen LogP contribution in [0.4, 0.5) is 0 Å². The van der Waals surface area contributed by atoms with Gasteiger partial charge in [-0.05, 0) is 35.9 Å². The first kappa shape index (κ1) is 20.0. The molecule has 0 saturated heterocycles. The van der Waals surface area contributed by atoms with Gasteiger partial charge in [0.1, 0.15) is 11.4 Å². The molecule has 0 aliphatic carbocycles. The Morgan fingerprint density at radius 1 is 1.13 bits per heavy atom. The average molecular weight is 418 g/mol. The molecular weight excluding hydrogens is 400 g/mol. The van der Waals surface area contributed by atoms with Gasteiger partial charge in [-0.2, -0.15) is 4.98 Å². The number of ether oxygens (including phenoxy) is 2. The van der Waals surface area contributed by atoms with Crippen molar-refractivity contribution in [2.75, 3.05) is 7.11 Å². The second kappa shape index (κ2) is 8.62. The lowest BCUT2D eigenvalue weighted by molar-refractivity contribution is -0.140. The lowest BCUT2D eigenvalue weighted by atomic mass is 9.89. The third-order valence-electron chi connectivity index (χ3n) is 4.71. The molecule has 3 heterocycles. The predicted octanol–water partition coefficient (Wildman–Crippen LogP) is 2.68. The van der Waals surface area contributed by atoms with Crippen molar-refractivity contribution >= 4 is 11.6 Å². The third kappa shape index (κ3) is 4.20.